The summed E-state index contributed by atoms with van der Waals surface area (Å²) in [7, 11) is -1.17. The van der Waals surface area contributed by atoms with Gasteiger partial charge in [-0.05, 0) is 30.3 Å². The standard InChI is InChI=1S/C17H18N2O5S/c1-19(25(22,23)15-9-4-3-5-10-15)12-16(20)18-14-8-6-7-13(11-14)17(21)24-2/h3-11H,12H2,1-2H3,(H,18,20). The largest absolute Gasteiger partial charge is 0.465 e. The van der Waals surface area contributed by atoms with Crippen LogP contribution in [0.2, 0.25) is 0 Å². The van der Waals surface area contributed by atoms with Crippen molar-refractivity contribution in [2.45, 2.75) is 4.90 Å². The number of nitrogens with one attached hydrogen (secondary N) is 1. The van der Waals surface area contributed by atoms with Crippen LogP contribution in [0.15, 0.2) is 59.5 Å². The fourth-order valence-electron chi connectivity index (χ4n) is 2.10. The minimum Gasteiger partial charge on any atom is -0.465 e. The summed E-state index contributed by atoms with van der Waals surface area (Å²) in [6.45, 7) is -0.361. The van der Waals surface area contributed by atoms with Crippen LogP contribution in [0, 0.1) is 0 Å². The quantitative estimate of drug-likeness (QED) is 0.790. The van der Waals surface area contributed by atoms with Gasteiger partial charge in [-0.3, -0.25) is 4.79 Å². The summed E-state index contributed by atoms with van der Waals surface area (Å²) in [5.74, 6) is -1.05. The second-order valence-corrected chi connectivity index (χ2v) is 7.24. The molecule has 0 saturated heterocycles. The molecule has 2 aromatic carbocycles. The van der Waals surface area contributed by atoms with Crippen molar-refractivity contribution in [3.63, 3.8) is 0 Å². The summed E-state index contributed by atoms with van der Waals surface area (Å²) in [5.41, 5.74) is 0.656. The molecule has 0 fully saturated rings. The first kappa shape index (κ1) is 18.6. The highest BCUT2D eigenvalue weighted by Gasteiger charge is 2.22. The van der Waals surface area contributed by atoms with Crippen molar-refractivity contribution in [1.29, 1.82) is 0 Å². The van der Waals surface area contributed by atoms with Gasteiger partial charge in [-0.15, -0.1) is 0 Å². The maximum atomic E-state index is 12.4. The van der Waals surface area contributed by atoms with E-state index in [1.165, 1.54) is 32.4 Å². The second kappa shape index (κ2) is 7.91. The second-order valence-electron chi connectivity index (χ2n) is 5.19. The van der Waals surface area contributed by atoms with Crippen molar-refractivity contribution in [1.82, 2.24) is 4.31 Å². The van der Waals surface area contributed by atoms with Crippen LogP contribution in [0.25, 0.3) is 0 Å². The molecule has 25 heavy (non-hydrogen) atoms. The van der Waals surface area contributed by atoms with E-state index in [9.17, 15) is 18.0 Å². The summed E-state index contributed by atoms with van der Waals surface area (Å²) >= 11 is 0. The van der Waals surface area contributed by atoms with Crippen LogP contribution in [0.1, 0.15) is 10.4 Å². The van der Waals surface area contributed by atoms with Crippen LogP contribution in [-0.2, 0) is 19.6 Å². The Morgan fingerprint density at radius 1 is 1.08 bits per heavy atom. The van der Waals surface area contributed by atoms with Crippen molar-refractivity contribution in [3.05, 3.63) is 60.2 Å². The number of carbonyl (C=O) groups excluding carboxylic acids is 2. The van der Waals surface area contributed by atoms with Crippen LogP contribution in [0.4, 0.5) is 5.69 Å². The maximum Gasteiger partial charge on any atom is 0.337 e. The van der Waals surface area contributed by atoms with Gasteiger partial charge in [-0.1, -0.05) is 24.3 Å². The highest BCUT2D eigenvalue weighted by Crippen LogP contribution is 2.14. The number of ether oxygens (including phenoxy) is 1. The lowest BCUT2D eigenvalue weighted by atomic mass is 10.2. The van der Waals surface area contributed by atoms with Gasteiger partial charge in [0, 0.05) is 12.7 Å². The monoisotopic (exact) mass is 362 g/mol. The lowest BCUT2D eigenvalue weighted by Crippen LogP contribution is -2.34. The molecule has 132 valence electrons. The molecule has 0 spiro atoms. The number of nitrogens with zero attached hydrogens (tertiary/aromatic N) is 1. The number of amides is 1. The van der Waals surface area contributed by atoms with Gasteiger partial charge >= 0.3 is 5.97 Å². The smallest absolute Gasteiger partial charge is 0.337 e. The minimum absolute atomic E-state index is 0.109. The van der Waals surface area contributed by atoms with E-state index < -0.39 is 21.9 Å². The Bertz CT molecular complexity index is 866. The summed E-state index contributed by atoms with van der Waals surface area (Å²) in [4.78, 5) is 23.7. The van der Waals surface area contributed by atoms with E-state index in [-0.39, 0.29) is 17.0 Å². The molecule has 1 amide bonds. The van der Waals surface area contributed by atoms with E-state index in [4.69, 9.17) is 0 Å². The Labute approximate surface area is 146 Å². The van der Waals surface area contributed by atoms with Crippen molar-refractivity contribution in [3.8, 4) is 0 Å². The molecule has 0 unspecified atom stereocenters. The lowest BCUT2D eigenvalue weighted by Gasteiger charge is -2.17. The average Bonchev–Trinajstić information content (AvgIpc) is 2.61. The maximum absolute atomic E-state index is 12.4. The lowest BCUT2D eigenvalue weighted by molar-refractivity contribution is -0.116. The van der Waals surface area contributed by atoms with E-state index in [0.717, 1.165) is 4.31 Å². The number of methoxy groups -OCH3 is 1. The number of rotatable bonds is 6. The Hall–Kier alpha value is -2.71. The van der Waals surface area contributed by atoms with Crippen LogP contribution < -0.4 is 5.32 Å². The third-order valence-corrected chi connectivity index (χ3v) is 5.20. The predicted octanol–water partition coefficient (Wildman–Crippen LogP) is 1.73. The highest BCUT2D eigenvalue weighted by molar-refractivity contribution is 7.89. The van der Waals surface area contributed by atoms with Gasteiger partial charge in [0.15, 0.2) is 0 Å². The van der Waals surface area contributed by atoms with E-state index >= 15 is 0 Å². The number of hydrogen-bond donors (Lipinski definition) is 1. The Morgan fingerprint density at radius 3 is 2.40 bits per heavy atom. The van der Waals surface area contributed by atoms with E-state index in [1.54, 1.807) is 36.4 Å². The number of benzene rings is 2. The van der Waals surface area contributed by atoms with Crippen LogP contribution in [-0.4, -0.2) is 45.3 Å². The SMILES string of the molecule is COC(=O)c1cccc(NC(=O)CN(C)S(=O)(=O)c2ccccc2)c1. The first-order chi connectivity index (χ1) is 11.8. The molecular formula is C17H18N2O5S. The summed E-state index contributed by atoms with van der Waals surface area (Å²) < 4.78 is 30.3. The third-order valence-electron chi connectivity index (χ3n) is 3.39. The molecule has 0 aliphatic heterocycles. The number of sulfonamides is 1. The Kier molecular flexibility index (Phi) is 5.89. The Balaban J connectivity index is 2.06. The molecule has 8 heteroatoms. The molecule has 0 atom stereocenters. The molecule has 0 aromatic heterocycles. The van der Waals surface area contributed by atoms with Gasteiger partial charge in [0.1, 0.15) is 0 Å². The van der Waals surface area contributed by atoms with Gasteiger partial charge in [0.25, 0.3) is 0 Å². The average molecular weight is 362 g/mol. The molecule has 0 bridgehead atoms. The molecule has 0 radical (unpaired) electrons. The molecule has 2 rings (SSSR count). The highest BCUT2D eigenvalue weighted by atomic mass is 32.2. The number of likely N-dealkylation sites (N-methyl/N-ethyl adjacent to an activating group) is 1. The van der Waals surface area contributed by atoms with Crippen molar-refractivity contribution >= 4 is 27.6 Å². The van der Waals surface area contributed by atoms with E-state index in [2.05, 4.69) is 10.1 Å². The van der Waals surface area contributed by atoms with E-state index in [0.29, 0.717) is 5.69 Å². The van der Waals surface area contributed by atoms with Crippen molar-refractivity contribution in [2.24, 2.45) is 0 Å². The zero-order valence-electron chi connectivity index (χ0n) is 13.8. The number of carbonyl (C=O) groups is 2. The molecule has 1 N–H and O–H groups in total. The topological polar surface area (TPSA) is 92.8 Å². The van der Waals surface area contributed by atoms with Gasteiger partial charge in [-0.2, -0.15) is 4.31 Å². The predicted molar refractivity (Wildman–Crippen MR) is 92.7 cm³/mol. The molecule has 0 aliphatic rings. The van der Waals surface area contributed by atoms with Crippen molar-refractivity contribution in [2.75, 3.05) is 26.0 Å². The normalized spacial score (nSPS) is 11.2. The van der Waals surface area contributed by atoms with Crippen LogP contribution in [0.3, 0.4) is 0 Å². The van der Waals surface area contributed by atoms with E-state index in [1.807, 2.05) is 0 Å². The molecular weight excluding hydrogens is 344 g/mol. The molecule has 0 saturated carbocycles. The van der Waals surface area contributed by atoms with Gasteiger partial charge in [-0.25, -0.2) is 13.2 Å². The fraction of sp³-hybridized carbons (Fsp3) is 0.176. The third kappa shape index (κ3) is 4.65. The first-order valence-electron chi connectivity index (χ1n) is 7.34. The fourth-order valence-corrected chi connectivity index (χ4v) is 3.25. The molecule has 0 aliphatic carbocycles. The molecule has 2 aromatic rings. The zero-order valence-corrected chi connectivity index (χ0v) is 14.6. The van der Waals surface area contributed by atoms with Crippen LogP contribution in [0.5, 0.6) is 0 Å². The van der Waals surface area contributed by atoms with Gasteiger partial charge in [0.05, 0.1) is 24.1 Å². The Morgan fingerprint density at radius 2 is 1.76 bits per heavy atom. The summed E-state index contributed by atoms with van der Waals surface area (Å²) in [6, 6.07) is 14.0. The zero-order chi connectivity index (χ0) is 18.4. The minimum atomic E-state index is -3.75. The van der Waals surface area contributed by atoms with Gasteiger partial charge in [0.2, 0.25) is 15.9 Å². The first-order valence-corrected chi connectivity index (χ1v) is 8.78. The number of esters is 1. The molecule has 0 heterocycles. The molecule has 7 nitrogen and oxygen atoms in total. The summed E-state index contributed by atoms with van der Waals surface area (Å²) in [5, 5.41) is 2.56. The van der Waals surface area contributed by atoms with Crippen LogP contribution >= 0.6 is 0 Å². The summed E-state index contributed by atoms with van der Waals surface area (Å²) in [6.07, 6.45) is 0. The number of hydrogen-bond acceptors (Lipinski definition) is 5. The van der Waals surface area contributed by atoms with Gasteiger partial charge < -0.3 is 10.1 Å². The van der Waals surface area contributed by atoms with Crippen molar-refractivity contribution < 1.29 is 22.7 Å². The number of anilines is 1.